The molecule has 0 bridgehead atoms. The minimum absolute atomic E-state index is 0.335. The van der Waals surface area contributed by atoms with Crippen LogP contribution in [0.4, 0.5) is 5.82 Å². The van der Waals surface area contributed by atoms with E-state index in [0.29, 0.717) is 17.0 Å². The van der Waals surface area contributed by atoms with E-state index in [9.17, 15) is 0 Å². The monoisotopic (exact) mass is 391 g/mol. The molecule has 2 N–H and O–H groups in total. The van der Waals surface area contributed by atoms with Crippen LogP contribution >= 0.6 is 22.9 Å². The molecule has 1 saturated heterocycles. The van der Waals surface area contributed by atoms with Crippen LogP contribution in [0.15, 0.2) is 40.1 Å². The predicted molar refractivity (Wildman–Crippen MR) is 112 cm³/mol. The van der Waals surface area contributed by atoms with Crippen LogP contribution in [0.1, 0.15) is 31.7 Å². The van der Waals surface area contributed by atoms with Crippen molar-refractivity contribution in [3.63, 3.8) is 0 Å². The fraction of sp³-hybridized carbons (Fsp3) is 0.474. The molecule has 7 heteroatoms. The highest BCUT2D eigenvalue weighted by atomic mass is 35.5. The first-order valence-corrected chi connectivity index (χ1v) is 10.4. The maximum Gasteiger partial charge on any atom is 0.191 e. The van der Waals surface area contributed by atoms with E-state index in [1.165, 1.54) is 5.56 Å². The second-order valence-electron chi connectivity index (χ2n) is 6.56. The zero-order chi connectivity index (χ0) is 18.4. The average molecular weight is 392 g/mol. The van der Waals surface area contributed by atoms with Gasteiger partial charge in [0, 0.05) is 44.3 Å². The molecule has 140 valence electrons. The predicted octanol–water partition coefficient (Wildman–Crippen LogP) is 3.73. The highest BCUT2D eigenvalue weighted by molar-refractivity contribution is 7.07. The van der Waals surface area contributed by atoms with Gasteiger partial charge in [0.1, 0.15) is 5.82 Å². The lowest BCUT2D eigenvalue weighted by Gasteiger charge is -2.20. The largest absolute Gasteiger partial charge is 0.357 e. The Morgan fingerprint density at radius 3 is 3.12 bits per heavy atom. The number of guanidine groups is 1. The SMILES string of the molecule is CCNC(=NCC(C)c1ccsc1)NC1CCN(c2ncccc2Cl)C1. The smallest absolute Gasteiger partial charge is 0.191 e. The first-order chi connectivity index (χ1) is 12.7. The highest BCUT2D eigenvalue weighted by Gasteiger charge is 2.25. The number of aromatic nitrogens is 1. The molecule has 0 aromatic carbocycles. The third-order valence-electron chi connectivity index (χ3n) is 4.55. The summed E-state index contributed by atoms with van der Waals surface area (Å²) in [5, 5.41) is 12.0. The van der Waals surface area contributed by atoms with Gasteiger partial charge < -0.3 is 15.5 Å². The van der Waals surface area contributed by atoms with Crippen LogP contribution < -0.4 is 15.5 Å². The first-order valence-electron chi connectivity index (χ1n) is 9.09. The second-order valence-corrected chi connectivity index (χ2v) is 7.75. The van der Waals surface area contributed by atoms with Gasteiger partial charge in [-0.1, -0.05) is 18.5 Å². The van der Waals surface area contributed by atoms with Gasteiger partial charge in [0.25, 0.3) is 0 Å². The topological polar surface area (TPSA) is 52.6 Å². The van der Waals surface area contributed by atoms with Gasteiger partial charge in [0.15, 0.2) is 5.96 Å². The van der Waals surface area contributed by atoms with Crippen molar-refractivity contribution < 1.29 is 0 Å². The average Bonchev–Trinajstić information content (AvgIpc) is 3.32. The second kappa shape index (κ2) is 9.24. The molecule has 1 fully saturated rings. The summed E-state index contributed by atoms with van der Waals surface area (Å²) < 4.78 is 0. The van der Waals surface area contributed by atoms with Gasteiger partial charge in [-0.3, -0.25) is 4.99 Å². The number of anilines is 1. The number of nitrogens with one attached hydrogen (secondary N) is 2. The summed E-state index contributed by atoms with van der Waals surface area (Å²) in [5.74, 6) is 2.17. The Morgan fingerprint density at radius 1 is 1.50 bits per heavy atom. The van der Waals surface area contributed by atoms with Crippen LogP contribution in [-0.2, 0) is 0 Å². The van der Waals surface area contributed by atoms with E-state index in [1.54, 1.807) is 17.5 Å². The lowest BCUT2D eigenvalue weighted by atomic mass is 10.1. The molecule has 0 amide bonds. The van der Waals surface area contributed by atoms with Crippen LogP contribution in [0.2, 0.25) is 5.02 Å². The van der Waals surface area contributed by atoms with E-state index in [1.807, 2.05) is 12.1 Å². The molecule has 0 spiro atoms. The number of rotatable bonds is 6. The van der Waals surface area contributed by atoms with Crippen molar-refractivity contribution in [3.05, 3.63) is 45.7 Å². The van der Waals surface area contributed by atoms with Gasteiger partial charge in [-0.15, -0.1) is 0 Å². The van der Waals surface area contributed by atoms with Crippen LogP contribution in [0.25, 0.3) is 0 Å². The van der Waals surface area contributed by atoms with Crippen LogP contribution in [0.3, 0.4) is 0 Å². The molecule has 5 nitrogen and oxygen atoms in total. The number of aliphatic imine (C=N–C) groups is 1. The van der Waals surface area contributed by atoms with Gasteiger partial charge in [-0.05, 0) is 47.9 Å². The highest BCUT2D eigenvalue weighted by Crippen LogP contribution is 2.25. The van der Waals surface area contributed by atoms with Gasteiger partial charge in [-0.25, -0.2) is 4.98 Å². The number of pyridine rings is 1. The maximum absolute atomic E-state index is 6.28. The van der Waals surface area contributed by atoms with E-state index in [2.05, 4.69) is 51.2 Å². The first kappa shape index (κ1) is 19.0. The number of hydrogen-bond acceptors (Lipinski definition) is 4. The summed E-state index contributed by atoms with van der Waals surface area (Å²) in [4.78, 5) is 11.4. The molecule has 1 aliphatic heterocycles. The van der Waals surface area contributed by atoms with Crippen molar-refractivity contribution in [2.75, 3.05) is 31.1 Å². The van der Waals surface area contributed by atoms with E-state index in [-0.39, 0.29) is 0 Å². The summed E-state index contributed by atoms with van der Waals surface area (Å²) in [6.07, 6.45) is 2.83. The third kappa shape index (κ3) is 4.89. The van der Waals surface area contributed by atoms with Crippen molar-refractivity contribution in [2.24, 2.45) is 4.99 Å². The molecule has 2 aromatic heterocycles. The molecule has 3 heterocycles. The van der Waals surface area contributed by atoms with Gasteiger partial charge in [0.05, 0.1) is 5.02 Å². The molecule has 3 rings (SSSR count). The van der Waals surface area contributed by atoms with Crippen molar-refractivity contribution in [1.29, 1.82) is 0 Å². The fourth-order valence-corrected chi connectivity index (χ4v) is 4.11. The molecule has 0 aliphatic carbocycles. The standard InChI is InChI=1S/C19H26ClN5S/c1-3-21-19(23-11-14(2)15-7-10-26-13-15)24-16-6-9-25(12-16)18-17(20)5-4-8-22-18/h4-5,7-8,10,13-14,16H,3,6,9,11-12H2,1-2H3,(H2,21,23,24). The molecular weight excluding hydrogens is 366 g/mol. The lowest BCUT2D eigenvalue weighted by Crippen LogP contribution is -2.44. The Hall–Kier alpha value is -1.79. The van der Waals surface area contributed by atoms with Crippen molar-refractivity contribution >= 4 is 34.7 Å². The summed E-state index contributed by atoms with van der Waals surface area (Å²) in [7, 11) is 0. The number of halogens is 1. The summed E-state index contributed by atoms with van der Waals surface area (Å²) in [6.45, 7) is 7.75. The Labute approximate surface area is 164 Å². The quantitative estimate of drug-likeness (QED) is 0.581. The number of hydrogen-bond donors (Lipinski definition) is 2. The third-order valence-corrected chi connectivity index (χ3v) is 5.54. The Balaban J connectivity index is 1.58. The van der Waals surface area contributed by atoms with Crippen LogP contribution in [0.5, 0.6) is 0 Å². The molecule has 0 saturated carbocycles. The molecule has 0 radical (unpaired) electrons. The van der Waals surface area contributed by atoms with E-state index in [4.69, 9.17) is 16.6 Å². The molecule has 1 aliphatic rings. The summed E-state index contributed by atoms with van der Waals surface area (Å²) >= 11 is 8.02. The van der Waals surface area contributed by atoms with Crippen molar-refractivity contribution in [1.82, 2.24) is 15.6 Å². The van der Waals surface area contributed by atoms with Crippen molar-refractivity contribution in [3.8, 4) is 0 Å². The van der Waals surface area contributed by atoms with Gasteiger partial charge in [0.2, 0.25) is 0 Å². The molecule has 26 heavy (non-hydrogen) atoms. The Morgan fingerprint density at radius 2 is 2.38 bits per heavy atom. The van der Waals surface area contributed by atoms with E-state index < -0.39 is 0 Å². The fourth-order valence-electron chi connectivity index (χ4n) is 3.08. The normalized spacial score (nSPS) is 18.8. The minimum atomic E-state index is 0.335. The van der Waals surface area contributed by atoms with Crippen molar-refractivity contribution in [2.45, 2.75) is 32.2 Å². The summed E-state index contributed by atoms with van der Waals surface area (Å²) in [5.41, 5.74) is 1.35. The molecular formula is C19H26ClN5S. The van der Waals surface area contributed by atoms with E-state index >= 15 is 0 Å². The Bertz CT molecular complexity index is 718. The number of thiophene rings is 1. The van der Waals surface area contributed by atoms with Crippen LogP contribution in [0, 0.1) is 0 Å². The van der Waals surface area contributed by atoms with E-state index in [0.717, 1.165) is 44.4 Å². The van der Waals surface area contributed by atoms with Gasteiger partial charge in [-0.2, -0.15) is 11.3 Å². The minimum Gasteiger partial charge on any atom is -0.357 e. The zero-order valence-electron chi connectivity index (χ0n) is 15.3. The molecule has 2 atom stereocenters. The molecule has 2 aromatic rings. The Kier molecular flexibility index (Phi) is 6.74. The van der Waals surface area contributed by atoms with Crippen LogP contribution in [-0.4, -0.2) is 43.2 Å². The van der Waals surface area contributed by atoms with Gasteiger partial charge >= 0.3 is 0 Å². The zero-order valence-corrected chi connectivity index (χ0v) is 16.9. The summed E-state index contributed by atoms with van der Waals surface area (Å²) in [6, 6.07) is 6.27. The molecule has 2 unspecified atom stereocenters. The lowest BCUT2D eigenvalue weighted by molar-refractivity contribution is 0.645. The number of nitrogens with zero attached hydrogens (tertiary/aromatic N) is 3. The maximum atomic E-state index is 6.28.